The molecule has 7 heteroatoms. The van der Waals surface area contributed by atoms with Crippen molar-refractivity contribution < 1.29 is 12.8 Å². The Labute approximate surface area is 117 Å². The molecule has 3 rings (SSSR count). The van der Waals surface area contributed by atoms with E-state index in [0.717, 1.165) is 16.8 Å². The van der Waals surface area contributed by atoms with Gasteiger partial charge < -0.3 is 9.73 Å². The van der Waals surface area contributed by atoms with Crippen LogP contribution >= 0.6 is 0 Å². The number of aryl methyl sites for hydroxylation is 1. The fraction of sp³-hybridized carbons (Fsp3) is 0.385. The standard InChI is InChI=1S/C13H15N3O3S/c1-9-6-10(13-16-14-8-19-13)2-3-12(9)15-11-4-5-20(17,18)7-11/h2-3,6,8,11,15H,4-5,7H2,1H3. The quantitative estimate of drug-likeness (QED) is 0.926. The predicted octanol–water partition coefficient (Wildman–Crippen LogP) is 1.64. The third-order valence-electron chi connectivity index (χ3n) is 3.43. The fourth-order valence-corrected chi connectivity index (χ4v) is 4.06. The Kier molecular flexibility index (Phi) is 3.21. The molecule has 1 unspecified atom stereocenters. The average Bonchev–Trinajstić information content (AvgIpc) is 3.01. The summed E-state index contributed by atoms with van der Waals surface area (Å²) in [5.41, 5.74) is 2.81. The zero-order valence-corrected chi connectivity index (χ0v) is 11.9. The summed E-state index contributed by atoms with van der Waals surface area (Å²) in [5.74, 6) is 0.949. The number of aromatic nitrogens is 2. The molecule has 2 heterocycles. The number of hydrogen-bond acceptors (Lipinski definition) is 6. The maximum absolute atomic E-state index is 11.5. The minimum absolute atomic E-state index is 0.00652. The molecular weight excluding hydrogens is 278 g/mol. The molecule has 6 nitrogen and oxygen atoms in total. The first-order valence-corrected chi connectivity index (χ1v) is 8.20. The number of benzene rings is 1. The number of nitrogens with zero attached hydrogens (tertiary/aromatic N) is 2. The summed E-state index contributed by atoms with van der Waals surface area (Å²) in [4.78, 5) is 0. The lowest BCUT2D eigenvalue weighted by Crippen LogP contribution is -2.21. The van der Waals surface area contributed by atoms with E-state index >= 15 is 0 Å². The molecule has 0 spiro atoms. The van der Waals surface area contributed by atoms with Crippen LogP contribution in [0.15, 0.2) is 29.0 Å². The van der Waals surface area contributed by atoms with Crippen molar-refractivity contribution in [2.24, 2.45) is 0 Å². The van der Waals surface area contributed by atoms with E-state index in [4.69, 9.17) is 4.42 Å². The Morgan fingerprint density at radius 1 is 1.40 bits per heavy atom. The van der Waals surface area contributed by atoms with Gasteiger partial charge in [0.1, 0.15) is 0 Å². The van der Waals surface area contributed by atoms with E-state index in [1.165, 1.54) is 6.39 Å². The molecule has 106 valence electrons. The number of nitrogens with one attached hydrogen (secondary N) is 1. The molecule has 1 saturated heterocycles. The average molecular weight is 293 g/mol. The summed E-state index contributed by atoms with van der Waals surface area (Å²) in [6.07, 6.45) is 1.95. The van der Waals surface area contributed by atoms with Crippen molar-refractivity contribution in [3.8, 4) is 11.5 Å². The molecular formula is C13H15N3O3S. The minimum atomic E-state index is -2.87. The first-order chi connectivity index (χ1) is 9.53. The number of hydrogen-bond donors (Lipinski definition) is 1. The molecule has 0 saturated carbocycles. The molecule has 0 bridgehead atoms. The lowest BCUT2D eigenvalue weighted by atomic mass is 10.1. The Bertz CT molecular complexity index is 710. The summed E-state index contributed by atoms with van der Waals surface area (Å²) in [6.45, 7) is 1.96. The largest absolute Gasteiger partial charge is 0.423 e. The smallest absolute Gasteiger partial charge is 0.247 e. The van der Waals surface area contributed by atoms with Crippen molar-refractivity contribution in [1.82, 2.24) is 10.2 Å². The van der Waals surface area contributed by atoms with Crippen LogP contribution in [0.5, 0.6) is 0 Å². The molecule has 1 N–H and O–H groups in total. The van der Waals surface area contributed by atoms with E-state index in [0.29, 0.717) is 12.3 Å². The van der Waals surface area contributed by atoms with Gasteiger partial charge in [0, 0.05) is 17.3 Å². The van der Waals surface area contributed by atoms with Gasteiger partial charge in [-0.1, -0.05) is 0 Å². The zero-order valence-electron chi connectivity index (χ0n) is 11.0. The van der Waals surface area contributed by atoms with Gasteiger partial charge in [0.15, 0.2) is 9.84 Å². The van der Waals surface area contributed by atoms with Crippen molar-refractivity contribution >= 4 is 15.5 Å². The number of anilines is 1. The van der Waals surface area contributed by atoms with Crippen LogP contribution in [0, 0.1) is 6.92 Å². The SMILES string of the molecule is Cc1cc(-c2nnco2)ccc1NC1CCS(=O)(=O)C1. The van der Waals surface area contributed by atoms with Gasteiger partial charge in [-0.25, -0.2) is 8.42 Å². The molecule has 1 aromatic heterocycles. The fourth-order valence-electron chi connectivity index (χ4n) is 2.39. The highest BCUT2D eigenvalue weighted by molar-refractivity contribution is 7.91. The van der Waals surface area contributed by atoms with Gasteiger partial charge in [-0.2, -0.15) is 0 Å². The number of rotatable bonds is 3. The molecule has 20 heavy (non-hydrogen) atoms. The Morgan fingerprint density at radius 3 is 2.85 bits per heavy atom. The van der Waals surface area contributed by atoms with E-state index in [1.54, 1.807) is 0 Å². The van der Waals surface area contributed by atoms with Gasteiger partial charge in [-0.3, -0.25) is 0 Å². The second kappa shape index (κ2) is 4.90. The molecule has 2 aromatic rings. The van der Waals surface area contributed by atoms with Crippen LogP contribution in [0.3, 0.4) is 0 Å². The van der Waals surface area contributed by atoms with Gasteiger partial charge in [-0.05, 0) is 37.1 Å². The highest BCUT2D eigenvalue weighted by atomic mass is 32.2. The zero-order chi connectivity index (χ0) is 14.2. The highest BCUT2D eigenvalue weighted by Crippen LogP contribution is 2.25. The van der Waals surface area contributed by atoms with Crippen LogP contribution in [0.1, 0.15) is 12.0 Å². The Hall–Kier alpha value is -1.89. The van der Waals surface area contributed by atoms with Gasteiger partial charge >= 0.3 is 0 Å². The lowest BCUT2D eigenvalue weighted by molar-refractivity contribution is 0.568. The molecule has 0 aliphatic carbocycles. The van der Waals surface area contributed by atoms with E-state index in [9.17, 15) is 8.42 Å². The van der Waals surface area contributed by atoms with Crippen LogP contribution in [0.4, 0.5) is 5.69 Å². The van der Waals surface area contributed by atoms with E-state index < -0.39 is 9.84 Å². The monoisotopic (exact) mass is 293 g/mol. The van der Waals surface area contributed by atoms with Crippen molar-refractivity contribution in [1.29, 1.82) is 0 Å². The molecule has 0 amide bonds. The normalized spacial score (nSPS) is 20.9. The second-order valence-electron chi connectivity index (χ2n) is 5.02. The molecule has 1 aliphatic heterocycles. The predicted molar refractivity (Wildman–Crippen MR) is 75.2 cm³/mol. The van der Waals surface area contributed by atoms with E-state index in [1.807, 2.05) is 25.1 Å². The van der Waals surface area contributed by atoms with Crippen LogP contribution in [0.2, 0.25) is 0 Å². The number of sulfone groups is 1. The van der Waals surface area contributed by atoms with Crippen molar-refractivity contribution in [2.45, 2.75) is 19.4 Å². The molecule has 0 radical (unpaired) electrons. The molecule has 1 atom stereocenters. The van der Waals surface area contributed by atoms with Crippen LogP contribution in [-0.2, 0) is 9.84 Å². The van der Waals surface area contributed by atoms with Crippen LogP contribution in [-0.4, -0.2) is 36.2 Å². The minimum Gasteiger partial charge on any atom is -0.423 e. The van der Waals surface area contributed by atoms with Crippen molar-refractivity contribution in [2.75, 3.05) is 16.8 Å². The summed E-state index contributed by atoms with van der Waals surface area (Å²) in [7, 11) is -2.87. The molecule has 1 aromatic carbocycles. The summed E-state index contributed by atoms with van der Waals surface area (Å²) >= 11 is 0. The first-order valence-electron chi connectivity index (χ1n) is 6.38. The van der Waals surface area contributed by atoms with Gasteiger partial charge in [0.2, 0.25) is 12.3 Å². The third-order valence-corrected chi connectivity index (χ3v) is 5.19. The Balaban J connectivity index is 1.78. The van der Waals surface area contributed by atoms with Gasteiger partial charge in [0.25, 0.3) is 0 Å². The van der Waals surface area contributed by atoms with Gasteiger partial charge in [-0.15, -0.1) is 10.2 Å². The van der Waals surface area contributed by atoms with Gasteiger partial charge in [0.05, 0.1) is 11.5 Å². The maximum atomic E-state index is 11.5. The summed E-state index contributed by atoms with van der Waals surface area (Å²) < 4.78 is 28.1. The van der Waals surface area contributed by atoms with Crippen LogP contribution < -0.4 is 5.32 Å². The molecule has 1 fully saturated rings. The Morgan fingerprint density at radius 2 is 2.25 bits per heavy atom. The van der Waals surface area contributed by atoms with Crippen molar-refractivity contribution in [3.05, 3.63) is 30.2 Å². The topological polar surface area (TPSA) is 85.1 Å². The third kappa shape index (κ3) is 2.67. The first kappa shape index (κ1) is 13.1. The van der Waals surface area contributed by atoms with E-state index in [2.05, 4.69) is 15.5 Å². The second-order valence-corrected chi connectivity index (χ2v) is 7.25. The van der Waals surface area contributed by atoms with E-state index in [-0.39, 0.29) is 17.5 Å². The van der Waals surface area contributed by atoms with Crippen LogP contribution in [0.25, 0.3) is 11.5 Å². The summed E-state index contributed by atoms with van der Waals surface area (Å²) in [6, 6.07) is 5.73. The lowest BCUT2D eigenvalue weighted by Gasteiger charge is -2.15. The maximum Gasteiger partial charge on any atom is 0.247 e. The highest BCUT2D eigenvalue weighted by Gasteiger charge is 2.27. The van der Waals surface area contributed by atoms with Crippen molar-refractivity contribution in [3.63, 3.8) is 0 Å². The molecule has 1 aliphatic rings. The summed E-state index contributed by atoms with van der Waals surface area (Å²) in [5, 5.41) is 10.8.